The Morgan fingerprint density at radius 2 is 1.74 bits per heavy atom. The molecular weight excluding hydrogens is 336 g/mol. The highest BCUT2D eigenvalue weighted by Gasteiger charge is 2.06. The molecule has 3 aromatic carbocycles. The van der Waals surface area contributed by atoms with Gasteiger partial charge in [0.2, 0.25) is 5.91 Å². The normalized spacial score (nSPS) is 10.6. The minimum Gasteiger partial charge on any atom is -0.492 e. The van der Waals surface area contributed by atoms with Crippen LogP contribution in [-0.2, 0) is 6.54 Å². The number of carbonyl (C=O) groups excluding carboxylic acids is 1. The van der Waals surface area contributed by atoms with Crippen LogP contribution in [0.3, 0.4) is 0 Å². The van der Waals surface area contributed by atoms with E-state index < -0.39 is 5.91 Å². The lowest BCUT2D eigenvalue weighted by atomic mass is 9.97. The van der Waals surface area contributed by atoms with Gasteiger partial charge in [0.1, 0.15) is 12.4 Å². The standard InChI is InChI=1S/C23H24N2O2/c1-17-15-20(23(24)26)11-12-22(17)19-9-7-18(8-10-19)16-25-13-14-27-21-5-3-2-4-6-21/h2-12,15,25H,13-14,16H2,1H3,(H2,24,26). The third-order valence-corrected chi connectivity index (χ3v) is 4.40. The summed E-state index contributed by atoms with van der Waals surface area (Å²) in [6.45, 7) is 4.19. The summed E-state index contributed by atoms with van der Waals surface area (Å²) in [6, 6.07) is 23.8. The highest BCUT2D eigenvalue weighted by Crippen LogP contribution is 2.24. The van der Waals surface area contributed by atoms with Crippen LogP contribution in [0.4, 0.5) is 0 Å². The topological polar surface area (TPSA) is 64.4 Å². The average molecular weight is 360 g/mol. The summed E-state index contributed by atoms with van der Waals surface area (Å²) in [7, 11) is 0. The Bertz CT molecular complexity index is 890. The Morgan fingerprint density at radius 1 is 1.00 bits per heavy atom. The van der Waals surface area contributed by atoms with Crippen molar-refractivity contribution >= 4 is 5.91 Å². The monoisotopic (exact) mass is 360 g/mol. The number of hydrogen-bond donors (Lipinski definition) is 2. The number of carbonyl (C=O) groups is 1. The summed E-state index contributed by atoms with van der Waals surface area (Å²) in [5.41, 5.74) is 10.4. The number of benzene rings is 3. The second kappa shape index (κ2) is 9.01. The van der Waals surface area contributed by atoms with E-state index in [0.29, 0.717) is 12.2 Å². The molecule has 0 bridgehead atoms. The summed E-state index contributed by atoms with van der Waals surface area (Å²) < 4.78 is 5.67. The number of nitrogens with one attached hydrogen (secondary N) is 1. The predicted octanol–water partition coefficient (Wildman–Crippen LogP) is 3.93. The molecule has 0 aliphatic heterocycles. The van der Waals surface area contributed by atoms with Gasteiger partial charge in [0.25, 0.3) is 0 Å². The molecule has 0 heterocycles. The van der Waals surface area contributed by atoms with Crippen molar-refractivity contribution in [3.8, 4) is 16.9 Å². The molecule has 0 aliphatic rings. The van der Waals surface area contributed by atoms with Crippen LogP contribution < -0.4 is 15.8 Å². The van der Waals surface area contributed by atoms with Gasteiger partial charge in [0.05, 0.1) is 0 Å². The SMILES string of the molecule is Cc1cc(C(N)=O)ccc1-c1ccc(CNCCOc2ccccc2)cc1. The molecular formula is C23H24N2O2. The Balaban J connectivity index is 1.51. The lowest BCUT2D eigenvalue weighted by Crippen LogP contribution is -2.20. The molecule has 0 radical (unpaired) electrons. The summed E-state index contributed by atoms with van der Waals surface area (Å²) in [5, 5.41) is 3.39. The van der Waals surface area contributed by atoms with Gasteiger partial charge in [-0.05, 0) is 53.4 Å². The summed E-state index contributed by atoms with van der Waals surface area (Å²) in [5.74, 6) is 0.490. The van der Waals surface area contributed by atoms with Gasteiger partial charge in [-0.15, -0.1) is 0 Å². The highest BCUT2D eigenvalue weighted by atomic mass is 16.5. The number of rotatable bonds is 8. The zero-order valence-electron chi connectivity index (χ0n) is 15.4. The molecule has 3 aromatic rings. The van der Waals surface area contributed by atoms with Gasteiger partial charge < -0.3 is 15.8 Å². The lowest BCUT2D eigenvalue weighted by molar-refractivity contribution is 0.1000. The Kier molecular flexibility index (Phi) is 6.23. The minimum absolute atomic E-state index is 0.401. The first kappa shape index (κ1) is 18.7. The van der Waals surface area contributed by atoms with E-state index >= 15 is 0 Å². The maximum atomic E-state index is 11.3. The molecule has 0 aromatic heterocycles. The van der Waals surface area contributed by atoms with Crippen molar-refractivity contribution in [2.75, 3.05) is 13.2 Å². The van der Waals surface area contributed by atoms with Crippen molar-refractivity contribution in [2.24, 2.45) is 5.73 Å². The highest BCUT2D eigenvalue weighted by molar-refractivity contribution is 5.93. The van der Waals surface area contributed by atoms with Gasteiger partial charge in [-0.3, -0.25) is 4.79 Å². The van der Waals surface area contributed by atoms with Crippen LogP contribution in [0, 0.1) is 6.92 Å². The average Bonchev–Trinajstić information content (AvgIpc) is 2.69. The third kappa shape index (κ3) is 5.19. The zero-order chi connectivity index (χ0) is 19.1. The zero-order valence-corrected chi connectivity index (χ0v) is 15.4. The molecule has 0 saturated carbocycles. The van der Waals surface area contributed by atoms with Crippen LogP contribution in [0.25, 0.3) is 11.1 Å². The molecule has 3 rings (SSSR count). The molecule has 27 heavy (non-hydrogen) atoms. The van der Waals surface area contributed by atoms with Crippen molar-refractivity contribution in [1.29, 1.82) is 0 Å². The maximum Gasteiger partial charge on any atom is 0.248 e. The van der Waals surface area contributed by atoms with Crippen LogP contribution in [0.5, 0.6) is 5.75 Å². The fraction of sp³-hybridized carbons (Fsp3) is 0.174. The molecule has 4 nitrogen and oxygen atoms in total. The number of para-hydroxylation sites is 1. The lowest BCUT2D eigenvalue weighted by Gasteiger charge is -2.10. The van der Waals surface area contributed by atoms with Crippen molar-refractivity contribution in [3.63, 3.8) is 0 Å². The first-order chi connectivity index (χ1) is 13.1. The summed E-state index contributed by atoms with van der Waals surface area (Å²) in [6.07, 6.45) is 0. The van der Waals surface area contributed by atoms with Gasteiger partial charge in [0.15, 0.2) is 0 Å². The van der Waals surface area contributed by atoms with Gasteiger partial charge in [-0.25, -0.2) is 0 Å². The number of primary amides is 1. The van der Waals surface area contributed by atoms with E-state index in [4.69, 9.17) is 10.5 Å². The summed E-state index contributed by atoms with van der Waals surface area (Å²) in [4.78, 5) is 11.3. The molecule has 3 N–H and O–H groups in total. The number of ether oxygens (including phenoxy) is 1. The minimum atomic E-state index is -0.401. The Hall–Kier alpha value is -3.11. The number of nitrogens with two attached hydrogens (primary N) is 1. The first-order valence-electron chi connectivity index (χ1n) is 9.02. The molecule has 0 unspecified atom stereocenters. The van der Waals surface area contributed by atoms with Crippen molar-refractivity contribution in [2.45, 2.75) is 13.5 Å². The van der Waals surface area contributed by atoms with Crippen LogP contribution >= 0.6 is 0 Å². The second-order valence-corrected chi connectivity index (χ2v) is 6.43. The fourth-order valence-electron chi connectivity index (χ4n) is 2.93. The molecule has 0 saturated heterocycles. The van der Waals surface area contributed by atoms with Crippen molar-refractivity contribution < 1.29 is 9.53 Å². The number of aryl methyl sites for hydroxylation is 1. The largest absolute Gasteiger partial charge is 0.492 e. The third-order valence-electron chi connectivity index (χ3n) is 4.40. The second-order valence-electron chi connectivity index (χ2n) is 6.43. The molecule has 0 fully saturated rings. The van der Waals surface area contributed by atoms with Gasteiger partial charge in [-0.2, -0.15) is 0 Å². The maximum absolute atomic E-state index is 11.3. The smallest absolute Gasteiger partial charge is 0.248 e. The molecule has 138 valence electrons. The van der Waals surface area contributed by atoms with Gasteiger partial charge in [-0.1, -0.05) is 48.5 Å². The molecule has 0 spiro atoms. The first-order valence-corrected chi connectivity index (χ1v) is 9.02. The molecule has 0 atom stereocenters. The van der Waals surface area contributed by atoms with Gasteiger partial charge >= 0.3 is 0 Å². The van der Waals surface area contributed by atoms with Crippen molar-refractivity contribution in [3.05, 3.63) is 89.5 Å². The molecule has 1 amide bonds. The Labute approximate surface area is 160 Å². The van der Waals surface area contributed by atoms with Crippen LogP contribution in [0.2, 0.25) is 0 Å². The number of amides is 1. The van der Waals surface area contributed by atoms with E-state index in [2.05, 4.69) is 29.6 Å². The molecule has 0 aliphatic carbocycles. The van der Waals surface area contributed by atoms with Crippen LogP contribution in [0.15, 0.2) is 72.8 Å². The van der Waals surface area contributed by atoms with Crippen LogP contribution in [-0.4, -0.2) is 19.1 Å². The summed E-state index contributed by atoms with van der Waals surface area (Å²) >= 11 is 0. The van der Waals surface area contributed by atoms with E-state index in [1.54, 1.807) is 6.07 Å². The molecule has 4 heteroatoms. The van der Waals surface area contributed by atoms with Gasteiger partial charge in [0, 0.05) is 18.7 Å². The van der Waals surface area contributed by atoms with E-state index in [-0.39, 0.29) is 0 Å². The number of hydrogen-bond acceptors (Lipinski definition) is 3. The fourth-order valence-corrected chi connectivity index (χ4v) is 2.93. The van der Waals surface area contributed by atoms with E-state index in [1.807, 2.05) is 49.4 Å². The van der Waals surface area contributed by atoms with E-state index in [9.17, 15) is 4.79 Å². The van der Waals surface area contributed by atoms with Crippen LogP contribution in [0.1, 0.15) is 21.5 Å². The van der Waals surface area contributed by atoms with E-state index in [1.165, 1.54) is 5.56 Å². The quantitative estimate of drug-likeness (QED) is 0.598. The Morgan fingerprint density at radius 3 is 2.41 bits per heavy atom. The predicted molar refractivity (Wildman–Crippen MR) is 109 cm³/mol. The van der Waals surface area contributed by atoms with E-state index in [0.717, 1.165) is 35.5 Å². The van der Waals surface area contributed by atoms with Crippen molar-refractivity contribution in [1.82, 2.24) is 5.32 Å².